The van der Waals surface area contributed by atoms with Gasteiger partial charge in [-0.15, -0.1) is 0 Å². The SMILES string of the molecule is Cc1ccc([C@@H]2OCCC[C@@H]2NCc2ccncc2)cc1. The Hall–Kier alpha value is -1.71. The van der Waals surface area contributed by atoms with Crippen LogP contribution in [0.1, 0.15) is 35.6 Å². The van der Waals surface area contributed by atoms with E-state index in [-0.39, 0.29) is 6.10 Å². The maximum atomic E-state index is 6.03. The molecule has 1 N–H and O–H groups in total. The van der Waals surface area contributed by atoms with Crippen molar-refractivity contribution in [1.82, 2.24) is 10.3 Å². The van der Waals surface area contributed by atoms with Gasteiger partial charge < -0.3 is 10.1 Å². The predicted octanol–water partition coefficient (Wildman–Crippen LogP) is 3.40. The van der Waals surface area contributed by atoms with Gasteiger partial charge in [0.1, 0.15) is 0 Å². The number of hydrogen-bond donors (Lipinski definition) is 1. The largest absolute Gasteiger partial charge is 0.372 e. The van der Waals surface area contributed by atoms with Crippen LogP contribution in [0.3, 0.4) is 0 Å². The summed E-state index contributed by atoms with van der Waals surface area (Å²) in [6.45, 7) is 3.83. The van der Waals surface area contributed by atoms with Crippen LogP contribution in [-0.2, 0) is 11.3 Å². The lowest BCUT2D eigenvalue weighted by Crippen LogP contribution is -2.39. The van der Waals surface area contributed by atoms with Crippen molar-refractivity contribution in [1.29, 1.82) is 0 Å². The smallest absolute Gasteiger partial charge is 0.0977 e. The van der Waals surface area contributed by atoms with Gasteiger partial charge in [-0.3, -0.25) is 4.98 Å². The van der Waals surface area contributed by atoms with Gasteiger partial charge in [-0.25, -0.2) is 0 Å². The van der Waals surface area contributed by atoms with Crippen LogP contribution in [-0.4, -0.2) is 17.6 Å². The number of ether oxygens (including phenoxy) is 1. The van der Waals surface area contributed by atoms with E-state index < -0.39 is 0 Å². The van der Waals surface area contributed by atoms with E-state index in [1.165, 1.54) is 16.7 Å². The summed E-state index contributed by atoms with van der Waals surface area (Å²) in [6, 6.07) is 13.2. The van der Waals surface area contributed by atoms with Crippen LogP contribution in [0.5, 0.6) is 0 Å². The molecule has 3 heteroatoms. The number of nitrogens with one attached hydrogen (secondary N) is 1. The lowest BCUT2D eigenvalue weighted by Gasteiger charge is -2.33. The summed E-state index contributed by atoms with van der Waals surface area (Å²) in [5.74, 6) is 0. The van der Waals surface area contributed by atoms with E-state index in [4.69, 9.17) is 4.74 Å². The highest BCUT2D eigenvalue weighted by molar-refractivity contribution is 5.24. The Balaban J connectivity index is 1.68. The van der Waals surface area contributed by atoms with Crippen molar-refractivity contribution >= 4 is 0 Å². The molecule has 0 bridgehead atoms. The molecule has 0 saturated carbocycles. The van der Waals surface area contributed by atoms with Gasteiger partial charge in [-0.05, 0) is 43.0 Å². The van der Waals surface area contributed by atoms with Crippen molar-refractivity contribution in [2.45, 2.75) is 38.5 Å². The fourth-order valence-electron chi connectivity index (χ4n) is 2.82. The van der Waals surface area contributed by atoms with Crippen LogP contribution >= 0.6 is 0 Å². The van der Waals surface area contributed by atoms with E-state index >= 15 is 0 Å². The minimum Gasteiger partial charge on any atom is -0.372 e. The maximum absolute atomic E-state index is 6.03. The average molecular weight is 282 g/mol. The number of nitrogens with zero attached hydrogens (tertiary/aromatic N) is 1. The third kappa shape index (κ3) is 3.69. The molecule has 2 heterocycles. The Bertz CT molecular complexity index is 553. The normalized spacial score (nSPS) is 22.1. The topological polar surface area (TPSA) is 34.1 Å². The van der Waals surface area contributed by atoms with Crippen LogP contribution < -0.4 is 5.32 Å². The molecule has 3 nitrogen and oxygen atoms in total. The fourth-order valence-corrected chi connectivity index (χ4v) is 2.82. The number of pyridine rings is 1. The second-order valence-electron chi connectivity index (χ2n) is 5.69. The molecule has 1 aromatic heterocycles. The van der Waals surface area contributed by atoms with Gasteiger partial charge in [0.15, 0.2) is 0 Å². The lowest BCUT2D eigenvalue weighted by molar-refractivity contribution is -0.0112. The molecule has 21 heavy (non-hydrogen) atoms. The highest BCUT2D eigenvalue weighted by atomic mass is 16.5. The average Bonchev–Trinajstić information content (AvgIpc) is 2.55. The summed E-state index contributed by atoms with van der Waals surface area (Å²) in [5.41, 5.74) is 3.82. The van der Waals surface area contributed by atoms with Crippen molar-refractivity contribution in [3.05, 3.63) is 65.5 Å². The second-order valence-corrected chi connectivity index (χ2v) is 5.69. The molecule has 0 unspecified atom stereocenters. The standard InChI is InChI=1S/C18H22N2O/c1-14-4-6-16(7-5-14)18-17(3-2-12-21-18)20-13-15-8-10-19-11-9-15/h4-11,17-18,20H,2-3,12-13H2,1H3/t17-,18-/m0/s1. The van der Waals surface area contributed by atoms with E-state index in [0.29, 0.717) is 6.04 Å². The van der Waals surface area contributed by atoms with Crippen LogP contribution in [0.2, 0.25) is 0 Å². The molecule has 0 radical (unpaired) electrons. The molecule has 1 fully saturated rings. The molecule has 2 aromatic rings. The summed E-state index contributed by atoms with van der Waals surface area (Å²) in [4.78, 5) is 4.06. The molecule has 0 spiro atoms. The zero-order valence-electron chi connectivity index (χ0n) is 12.5. The zero-order chi connectivity index (χ0) is 14.5. The van der Waals surface area contributed by atoms with Gasteiger partial charge in [0.25, 0.3) is 0 Å². The minimum atomic E-state index is 0.154. The summed E-state index contributed by atoms with van der Waals surface area (Å²) in [6.07, 6.45) is 6.11. The monoisotopic (exact) mass is 282 g/mol. The number of aromatic nitrogens is 1. The van der Waals surface area contributed by atoms with Crippen LogP contribution in [0.4, 0.5) is 0 Å². The predicted molar refractivity (Wildman–Crippen MR) is 84.0 cm³/mol. The first-order chi connectivity index (χ1) is 10.3. The van der Waals surface area contributed by atoms with Gasteiger partial charge in [0, 0.05) is 31.6 Å². The first-order valence-corrected chi connectivity index (χ1v) is 7.63. The van der Waals surface area contributed by atoms with Crippen LogP contribution in [0.15, 0.2) is 48.8 Å². The van der Waals surface area contributed by atoms with E-state index in [1.54, 1.807) is 0 Å². The fraction of sp³-hybridized carbons (Fsp3) is 0.389. The molecule has 0 aliphatic carbocycles. The van der Waals surface area contributed by atoms with E-state index in [2.05, 4.69) is 53.6 Å². The Kier molecular flexibility index (Phi) is 4.63. The third-order valence-corrected chi connectivity index (χ3v) is 4.05. The van der Waals surface area contributed by atoms with Crippen LogP contribution in [0.25, 0.3) is 0 Å². The number of rotatable bonds is 4. The van der Waals surface area contributed by atoms with Crippen LogP contribution in [0, 0.1) is 6.92 Å². The van der Waals surface area contributed by atoms with Crippen molar-refractivity contribution in [3.63, 3.8) is 0 Å². The Morgan fingerprint density at radius 1 is 1.14 bits per heavy atom. The highest BCUT2D eigenvalue weighted by Crippen LogP contribution is 2.28. The van der Waals surface area contributed by atoms with Crippen molar-refractivity contribution in [3.8, 4) is 0 Å². The number of aryl methyl sites for hydroxylation is 1. The molecule has 1 aromatic carbocycles. The molecule has 2 atom stereocenters. The van der Waals surface area contributed by atoms with Gasteiger partial charge in [0.05, 0.1) is 6.10 Å². The zero-order valence-corrected chi connectivity index (χ0v) is 12.5. The molecule has 3 rings (SSSR count). The minimum absolute atomic E-state index is 0.154. The van der Waals surface area contributed by atoms with Gasteiger partial charge in [-0.1, -0.05) is 29.8 Å². The quantitative estimate of drug-likeness (QED) is 0.933. The van der Waals surface area contributed by atoms with Crippen molar-refractivity contribution in [2.24, 2.45) is 0 Å². The second kappa shape index (κ2) is 6.83. The molecule has 1 aliphatic rings. The molecule has 1 aliphatic heterocycles. The Morgan fingerprint density at radius 2 is 1.90 bits per heavy atom. The Labute approximate surface area is 126 Å². The van der Waals surface area contributed by atoms with Gasteiger partial charge >= 0.3 is 0 Å². The molecular formula is C18H22N2O. The van der Waals surface area contributed by atoms with Crippen molar-refractivity contribution in [2.75, 3.05) is 6.61 Å². The Morgan fingerprint density at radius 3 is 2.67 bits per heavy atom. The summed E-state index contributed by atoms with van der Waals surface area (Å²) in [7, 11) is 0. The lowest BCUT2D eigenvalue weighted by atomic mass is 9.95. The van der Waals surface area contributed by atoms with E-state index in [1.807, 2.05) is 12.4 Å². The number of benzene rings is 1. The van der Waals surface area contributed by atoms with E-state index in [0.717, 1.165) is 26.0 Å². The summed E-state index contributed by atoms with van der Waals surface area (Å²) in [5, 5.41) is 3.65. The first-order valence-electron chi connectivity index (χ1n) is 7.63. The number of hydrogen-bond acceptors (Lipinski definition) is 3. The van der Waals surface area contributed by atoms with Gasteiger partial charge in [-0.2, -0.15) is 0 Å². The van der Waals surface area contributed by atoms with Gasteiger partial charge in [0.2, 0.25) is 0 Å². The molecular weight excluding hydrogens is 260 g/mol. The molecule has 110 valence electrons. The third-order valence-electron chi connectivity index (χ3n) is 4.05. The van der Waals surface area contributed by atoms with E-state index in [9.17, 15) is 0 Å². The molecule has 0 amide bonds. The highest BCUT2D eigenvalue weighted by Gasteiger charge is 2.26. The van der Waals surface area contributed by atoms with Crippen molar-refractivity contribution < 1.29 is 4.74 Å². The first kappa shape index (κ1) is 14.2. The summed E-state index contributed by atoms with van der Waals surface area (Å²) < 4.78 is 6.03. The maximum Gasteiger partial charge on any atom is 0.0977 e. The molecule has 1 saturated heterocycles. The summed E-state index contributed by atoms with van der Waals surface area (Å²) >= 11 is 0.